The van der Waals surface area contributed by atoms with Crippen molar-refractivity contribution in [3.63, 3.8) is 0 Å². The highest BCUT2D eigenvalue weighted by molar-refractivity contribution is 5.94. The molecule has 3 rings (SSSR count). The van der Waals surface area contributed by atoms with Gasteiger partial charge in [0.1, 0.15) is 11.5 Å². The van der Waals surface area contributed by atoms with E-state index in [4.69, 9.17) is 14.6 Å². The molecule has 0 bridgehead atoms. The number of rotatable bonds is 8. The van der Waals surface area contributed by atoms with Crippen LogP contribution in [0.2, 0.25) is 0 Å². The molecule has 0 aromatic heterocycles. The van der Waals surface area contributed by atoms with Crippen LogP contribution in [0.25, 0.3) is 0 Å². The first-order valence-corrected chi connectivity index (χ1v) is 8.63. The van der Waals surface area contributed by atoms with Crippen LogP contribution in [0.4, 0.5) is 5.69 Å². The molecule has 0 atom stereocenters. The van der Waals surface area contributed by atoms with Gasteiger partial charge in [0.15, 0.2) is 0 Å². The molecule has 1 heterocycles. The maximum absolute atomic E-state index is 11.4. The molecule has 1 aliphatic heterocycles. The lowest BCUT2D eigenvalue weighted by Crippen LogP contribution is -2.18. The Hall–Kier alpha value is -3.02. The van der Waals surface area contributed by atoms with Gasteiger partial charge in [0.05, 0.1) is 18.8 Å². The number of aryl methyl sites for hydroxylation is 1. The summed E-state index contributed by atoms with van der Waals surface area (Å²) in [7, 11) is 0. The summed E-state index contributed by atoms with van der Waals surface area (Å²) in [5, 5.41) is 11.7. The van der Waals surface area contributed by atoms with E-state index in [1.165, 1.54) is 12.1 Å². The summed E-state index contributed by atoms with van der Waals surface area (Å²) in [5.74, 6) is 0.496. The third kappa shape index (κ3) is 4.75. The van der Waals surface area contributed by atoms with Gasteiger partial charge in [-0.25, -0.2) is 4.79 Å². The molecule has 2 aromatic carbocycles. The van der Waals surface area contributed by atoms with Crippen molar-refractivity contribution >= 4 is 17.6 Å². The number of benzene rings is 2. The predicted molar refractivity (Wildman–Crippen MR) is 97.0 cm³/mol. The largest absolute Gasteiger partial charge is 0.494 e. The molecule has 1 amide bonds. The second kappa shape index (κ2) is 8.38. The van der Waals surface area contributed by atoms with Gasteiger partial charge in [-0.15, -0.1) is 0 Å². The van der Waals surface area contributed by atoms with Gasteiger partial charge in [-0.2, -0.15) is 0 Å². The first-order valence-electron chi connectivity index (χ1n) is 8.63. The molecule has 6 nitrogen and oxygen atoms in total. The number of carbonyl (C=O) groups excluding carboxylic acids is 1. The molecule has 0 fully saturated rings. The Bertz CT molecular complexity index is 785. The van der Waals surface area contributed by atoms with Gasteiger partial charge in [0.25, 0.3) is 0 Å². The van der Waals surface area contributed by atoms with Gasteiger partial charge >= 0.3 is 5.97 Å². The van der Waals surface area contributed by atoms with Crippen molar-refractivity contribution in [2.24, 2.45) is 0 Å². The molecule has 2 aromatic rings. The Kier molecular flexibility index (Phi) is 5.73. The lowest BCUT2D eigenvalue weighted by atomic mass is 10.0. The van der Waals surface area contributed by atoms with Gasteiger partial charge in [0.2, 0.25) is 5.91 Å². The zero-order valence-electron chi connectivity index (χ0n) is 14.4. The molecular formula is C20H21NO5. The predicted octanol–water partition coefficient (Wildman–Crippen LogP) is 3.51. The third-order valence-electron chi connectivity index (χ3n) is 4.15. The SMILES string of the molecule is O=C1CCc2ccc(OCCCCOc3ccc(C(=O)O)cc3)cc2N1. The van der Waals surface area contributed by atoms with Crippen LogP contribution >= 0.6 is 0 Å². The normalized spacial score (nSPS) is 12.8. The van der Waals surface area contributed by atoms with Gasteiger partial charge in [-0.3, -0.25) is 4.79 Å². The summed E-state index contributed by atoms with van der Waals surface area (Å²) in [4.78, 5) is 22.2. The quantitative estimate of drug-likeness (QED) is 0.708. The second-order valence-electron chi connectivity index (χ2n) is 6.10. The zero-order chi connectivity index (χ0) is 18.4. The smallest absolute Gasteiger partial charge is 0.335 e. The van der Waals surface area contributed by atoms with Crippen LogP contribution in [0.1, 0.15) is 35.2 Å². The minimum atomic E-state index is -0.949. The fourth-order valence-electron chi connectivity index (χ4n) is 2.72. The van der Waals surface area contributed by atoms with E-state index < -0.39 is 5.97 Å². The highest BCUT2D eigenvalue weighted by atomic mass is 16.5. The maximum Gasteiger partial charge on any atom is 0.335 e. The van der Waals surface area contributed by atoms with E-state index in [1.54, 1.807) is 12.1 Å². The number of nitrogens with one attached hydrogen (secondary N) is 1. The van der Waals surface area contributed by atoms with Crippen LogP contribution < -0.4 is 14.8 Å². The Morgan fingerprint density at radius 1 is 0.962 bits per heavy atom. The molecule has 0 spiro atoms. The van der Waals surface area contributed by atoms with E-state index in [2.05, 4.69) is 5.32 Å². The molecule has 6 heteroatoms. The van der Waals surface area contributed by atoms with Crippen LogP contribution in [-0.2, 0) is 11.2 Å². The molecule has 2 N–H and O–H groups in total. The Labute approximate surface area is 151 Å². The van der Waals surface area contributed by atoms with E-state index in [9.17, 15) is 9.59 Å². The first-order chi connectivity index (χ1) is 12.6. The lowest BCUT2D eigenvalue weighted by Gasteiger charge is -2.17. The monoisotopic (exact) mass is 355 g/mol. The number of anilines is 1. The zero-order valence-corrected chi connectivity index (χ0v) is 14.4. The number of ether oxygens (including phenoxy) is 2. The number of carboxylic acids is 1. The summed E-state index contributed by atoms with van der Waals surface area (Å²) < 4.78 is 11.3. The Balaban J connectivity index is 1.36. The Morgan fingerprint density at radius 2 is 1.62 bits per heavy atom. The van der Waals surface area contributed by atoms with Gasteiger partial charge in [0, 0.05) is 18.2 Å². The van der Waals surface area contributed by atoms with Gasteiger partial charge in [-0.1, -0.05) is 6.07 Å². The van der Waals surface area contributed by atoms with Crippen LogP contribution in [0.3, 0.4) is 0 Å². The summed E-state index contributed by atoms with van der Waals surface area (Å²) in [5.41, 5.74) is 2.22. The number of amides is 1. The van der Waals surface area contributed by atoms with E-state index in [0.29, 0.717) is 25.4 Å². The molecule has 1 aliphatic rings. The van der Waals surface area contributed by atoms with Crippen molar-refractivity contribution in [2.75, 3.05) is 18.5 Å². The van der Waals surface area contributed by atoms with E-state index in [-0.39, 0.29) is 11.5 Å². The first kappa shape index (κ1) is 17.8. The van der Waals surface area contributed by atoms with Crippen LogP contribution in [0.15, 0.2) is 42.5 Å². The minimum absolute atomic E-state index is 0.0446. The number of carbonyl (C=O) groups is 2. The van der Waals surface area contributed by atoms with Gasteiger partial charge in [-0.05, 0) is 55.2 Å². The fraction of sp³-hybridized carbons (Fsp3) is 0.300. The Morgan fingerprint density at radius 3 is 2.31 bits per heavy atom. The third-order valence-corrected chi connectivity index (χ3v) is 4.15. The summed E-state index contributed by atoms with van der Waals surface area (Å²) in [6.07, 6.45) is 2.96. The number of unbranched alkanes of at least 4 members (excludes halogenated alkanes) is 1. The van der Waals surface area contributed by atoms with Crippen molar-refractivity contribution < 1.29 is 24.2 Å². The van der Waals surface area contributed by atoms with E-state index in [0.717, 1.165) is 36.3 Å². The highest BCUT2D eigenvalue weighted by Gasteiger charge is 2.14. The molecule has 0 unspecified atom stereocenters. The van der Waals surface area contributed by atoms with Crippen molar-refractivity contribution in [1.82, 2.24) is 0 Å². The average Bonchev–Trinajstić information content (AvgIpc) is 2.64. The molecule has 26 heavy (non-hydrogen) atoms. The van der Waals surface area contributed by atoms with Crippen LogP contribution in [-0.4, -0.2) is 30.2 Å². The highest BCUT2D eigenvalue weighted by Crippen LogP contribution is 2.27. The lowest BCUT2D eigenvalue weighted by molar-refractivity contribution is -0.116. The molecule has 0 saturated carbocycles. The van der Waals surface area contributed by atoms with Gasteiger partial charge < -0.3 is 19.9 Å². The number of hydrogen-bond donors (Lipinski definition) is 2. The molecule has 136 valence electrons. The minimum Gasteiger partial charge on any atom is -0.494 e. The summed E-state index contributed by atoms with van der Waals surface area (Å²) in [6, 6.07) is 12.1. The number of carboxylic acid groups (broad SMARTS) is 1. The molecule has 0 radical (unpaired) electrons. The van der Waals surface area contributed by atoms with Crippen molar-refractivity contribution in [1.29, 1.82) is 0 Å². The average molecular weight is 355 g/mol. The maximum atomic E-state index is 11.4. The number of hydrogen-bond acceptors (Lipinski definition) is 4. The summed E-state index contributed by atoms with van der Waals surface area (Å²) >= 11 is 0. The molecule has 0 saturated heterocycles. The topological polar surface area (TPSA) is 84.9 Å². The van der Waals surface area contributed by atoms with Crippen LogP contribution in [0, 0.1) is 0 Å². The van der Waals surface area contributed by atoms with Crippen molar-refractivity contribution in [2.45, 2.75) is 25.7 Å². The number of fused-ring (bicyclic) bond motifs is 1. The van der Waals surface area contributed by atoms with Crippen LogP contribution in [0.5, 0.6) is 11.5 Å². The molecule has 0 aliphatic carbocycles. The van der Waals surface area contributed by atoms with Crippen molar-refractivity contribution in [3.05, 3.63) is 53.6 Å². The van der Waals surface area contributed by atoms with E-state index in [1.807, 2.05) is 18.2 Å². The standard InChI is InChI=1S/C20H21NO5/c22-19-10-6-14-3-9-17(13-18(14)21-19)26-12-2-1-11-25-16-7-4-15(5-8-16)20(23)24/h3-5,7-9,13H,1-2,6,10-12H2,(H,21,22)(H,23,24). The second-order valence-corrected chi connectivity index (χ2v) is 6.10. The molecular weight excluding hydrogens is 334 g/mol. The summed E-state index contributed by atoms with van der Waals surface area (Å²) in [6.45, 7) is 1.10. The van der Waals surface area contributed by atoms with Crippen molar-refractivity contribution in [3.8, 4) is 11.5 Å². The van der Waals surface area contributed by atoms with E-state index >= 15 is 0 Å². The fourth-order valence-corrected chi connectivity index (χ4v) is 2.72. The number of aromatic carboxylic acids is 1.